The van der Waals surface area contributed by atoms with Crippen LogP contribution in [0.15, 0.2) is 23.6 Å². The van der Waals surface area contributed by atoms with Crippen LogP contribution in [0.4, 0.5) is 11.6 Å². The summed E-state index contributed by atoms with van der Waals surface area (Å²) in [6.07, 6.45) is 5.18. The van der Waals surface area contributed by atoms with E-state index >= 15 is 0 Å². The van der Waals surface area contributed by atoms with Crippen LogP contribution in [0, 0.1) is 11.3 Å². The van der Waals surface area contributed by atoms with Crippen molar-refractivity contribution in [3.05, 3.63) is 24.2 Å². The van der Waals surface area contributed by atoms with Gasteiger partial charge in [-0.1, -0.05) is 0 Å². The zero-order valence-electron chi connectivity index (χ0n) is 10.1. The SMILES string of the molecule is CCn1ccc(Nc2ncnc(SC)c2C#N)n1. The molecule has 1 N–H and O–H groups in total. The predicted molar refractivity (Wildman–Crippen MR) is 69.7 cm³/mol. The Morgan fingerprint density at radius 3 is 2.94 bits per heavy atom. The molecule has 0 bridgehead atoms. The van der Waals surface area contributed by atoms with Crippen molar-refractivity contribution in [1.82, 2.24) is 19.7 Å². The zero-order chi connectivity index (χ0) is 13.0. The van der Waals surface area contributed by atoms with Crippen LogP contribution in [0.3, 0.4) is 0 Å². The minimum absolute atomic E-state index is 0.441. The molecule has 0 saturated heterocycles. The molecule has 18 heavy (non-hydrogen) atoms. The average molecular weight is 260 g/mol. The van der Waals surface area contributed by atoms with Crippen LogP contribution in [0.5, 0.6) is 0 Å². The maximum atomic E-state index is 9.15. The van der Waals surface area contributed by atoms with Crippen LogP contribution in [-0.2, 0) is 6.54 Å². The van der Waals surface area contributed by atoms with Gasteiger partial charge in [-0.05, 0) is 13.2 Å². The minimum atomic E-state index is 0.441. The van der Waals surface area contributed by atoms with Crippen LogP contribution in [-0.4, -0.2) is 26.0 Å². The molecule has 0 unspecified atom stereocenters. The first-order valence-corrected chi connectivity index (χ1v) is 6.60. The van der Waals surface area contributed by atoms with Crippen molar-refractivity contribution in [2.75, 3.05) is 11.6 Å². The van der Waals surface area contributed by atoms with Gasteiger partial charge in [0.05, 0.1) is 0 Å². The number of aromatic nitrogens is 4. The molecule has 0 atom stereocenters. The standard InChI is InChI=1S/C11H12N6S/c1-3-17-5-4-9(16-17)15-10-8(6-12)11(18-2)14-7-13-10/h4-5,7H,3H2,1-2H3,(H,13,14,15,16). The van der Waals surface area contributed by atoms with Crippen molar-refractivity contribution in [3.63, 3.8) is 0 Å². The highest BCUT2D eigenvalue weighted by Gasteiger charge is 2.11. The summed E-state index contributed by atoms with van der Waals surface area (Å²) in [6.45, 7) is 2.81. The van der Waals surface area contributed by atoms with Crippen molar-refractivity contribution in [2.45, 2.75) is 18.5 Å². The molecule has 2 aromatic rings. The molecule has 0 fully saturated rings. The summed E-state index contributed by atoms with van der Waals surface area (Å²) in [6, 6.07) is 3.95. The lowest BCUT2D eigenvalue weighted by atomic mass is 10.3. The molecule has 6 nitrogen and oxygen atoms in total. The Bertz CT molecular complexity index is 585. The van der Waals surface area contributed by atoms with E-state index in [0.717, 1.165) is 6.54 Å². The molecule has 0 amide bonds. The molecule has 0 aliphatic rings. The minimum Gasteiger partial charge on any atom is -0.322 e. The summed E-state index contributed by atoms with van der Waals surface area (Å²) in [4.78, 5) is 8.14. The van der Waals surface area contributed by atoms with Gasteiger partial charge in [0.25, 0.3) is 0 Å². The van der Waals surface area contributed by atoms with Gasteiger partial charge in [-0.15, -0.1) is 11.8 Å². The maximum absolute atomic E-state index is 9.15. The second-order valence-corrected chi connectivity index (χ2v) is 4.19. The third-order valence-electron chi connectivity index (χ3n) is 2.33. The van der Waals surface area contributed by atoms with Crippen LogP contribution in [0.25, 0.3) is 0 Å². The number of rotatable bonds is 4. The number of aryl methyl sites for hydroxylation is 1. The third-order valence-corrected chi connectivity index (χ3v) is 3.03. The van der Waals surface area contributed by atoms with Crippen molar-refractivity contribution >= 4 is 23.4 Å². The molecule has 0 saturated carbocycles. The number of nitriles is 1. The molecule has 0 aliphatic heterocycles. The van der Waals surface area contributed by atoms with E-state index in [1.54, 1.807) is 4.68 Å². The summed E-state index contributed by atoms with van der Waals surface area (Å²) in [5.41, 5.74) is 0.441. The number of nitrogens with one attached hydrogen (secondary N) is 1. The van der Waals surface area contributed by atoms with E-state index in [9.17, 15) is 0 Å². The largest absolute Gasteiger partial charge is 0.322 e. The Morgan fingerprint density at radius 1 is 1.50 bits per heavy atom. The van der Waals surface area contributed by atoms with Gasteiger partial charge >= 0.3 is 0 Å². The summed E-state index contributed by atoms with van der Waals surface area (Å²) in [7, 11) is 0. The van der Waals surface area contributed by atoms with E-state index in [2.05, 4.69) is 26.5 Å². The molecule has 2 heterocycles. The smallest absolute Gasteiger partial charge is 0.154 e. The van der Waals surface area contributed by atoms with Crippen molar-refractivity contribution < 1.29 is 0 Å². The van der Waals surface area contributed by atoms with Gasteiger partial charge in [0.1, 0.15) is 23.0 Å². The number of thioether (sulfide) groups is 1. The van der Waals surface area contributed by atoms with Crippen LogP contribution in [0.1, 0.15) is 12.5 Å². The van der Waals surface area contributed by atoms with Gasteiger partial charge in [0.15, 0.2) is 11.6 Å². The number of hydrogen-bond acceptors (Lipinski definition) is 6. The second kappa shape index (κ2) is 5.51. The van der Waals surface area contributed by atoms with Crippen LogP contribution >= 0.6 is 11.8 Å². The van der Waals surface area contributed by atoms with Gasteiger partial charge in [0.2, 0.25) is 0 Å². The van der Waals surface area contributed by atoms with Crippen LogP contribution < -0.4 is 5.32 Å². The monoisotopic (exact) mass is 260 g/mol. The Kier molecular flexibility index (Phi) is 3.79. The first-order chi connectivity index (χ1) is 8.78. The van der Waals surface area contributed by atoms with Gasteiger partial charge in [0, 0.05) is 18.8 Å². The van der Waals surface area contributed by atoms with Crippen molar-refractivity contribution in [3.8, 4) is 6.07 Å². The highest BCUT2D eigenvalue weighted by atomic mass is 32.2. The van der Waals surface area contributed by atoms with Gasteiger partial charge in [-0.2, -0.15) is 10.4 Å². The Morgan fingerprint density at radius 2 is 2.33 bits per heavy atom. The zero-order valence-corrected chi connectivity index (χ0v) is 10.9. The Hall–Kier alpha value is -2.07. The van der Waals surface area contributed by atoms with E-state index < -0.39 is 0 Å². The molecule has 0 aliphatic carbocycles. The Balaban J connectivity index is 2.31. The number of nitrogens with zero attached hydrogens (tertiary/aromatic N) is 5. The summed E-state index contributed by atoms with van der Waals surface area (Å²) < 4.78 is 1.80. The molecule has 0 spiro atoms. The van der Waals surface area contributed by atoms with E-state index in [0.29, 0.717) is 22.2 Å². The molecule has 0 radical (unpaired) electrons. The van der Waals surface area contributed by atoms with Crippen LogP contribution in [0.2, 0.25) is 0 Å². The Labute approximate surface area is 109 Å². The summed E-state index contributed by atoms with van der Waals surface area (Å²) in [5, 5.41) is 17.1. The van der Waals surface area contributed by atoms with Crippen molar-refractivity contribution in [2.24, 2.45) is 0 Å². The topological polar surface area (TPSA) is 79.4 Å². The third kappa shape index (κ3) is 2.43. The van der Waals surface area contributed by atoms with E-state index in [1.165, 1.54) is 18.1 Å². The quantitative estimate of drug-likeness (QED) is 0.669. The molecule has 2 rings (SSSR count). The van der Waals surface area contributed by atoms with Gasteiger partial charge < -0.3 is 5.32 Å². The fourth-order valence-electron chi connectivity index (χ4n) is 1.45. The van der Waals surface area contributed by atoms with E-state index in [1.807, 2.05) is 25.4 Å². The number of anilines is 2. The second-order valence-electron chi connectivity index (χ2n) is 3.40. The van der Waals surface area contributed by atoms with Gasteiger partial charge in [-0.25, -0.2) is 9.97 Å². The number of hydrogen-bond donors (Lipinski definition) is 1. The summed E-state index contributed by atoms with van der Waals surface area (Å²) in [5.74, 6) is 1.15. The lowest BCUT2D eigenvalue weighted by Crippen LogP contribution is -2.01. The molecule has 2 aromatic heterocycles. The van der Waals surface area contributed by atoms with Crippen molar-refractivity contribution in [1.29, 1.82) is 5.26 Å². The lowest BCUT2D eigenvalue weighted by molar-refractivity contribution is 0.662. The lowest BCUT2D eigenvalue weighted by Gasteiger charge is -2.06. The van der Waals surface area contributed by atoms with E-state index in [4.69, 9.17) is 5.26 Å². The highest BCUT2D eigenvalue weighted by Crippen LogP contribution is 2.23. The summed E-state index contributed by atoms with van der Waals surface area (Å²) >= 11 is 1.42. The normalized spacial score (nSPS) is 10.1. The molecule has 92 valence electrons. The predicted octanol–water partition coefficient (Wildman–Crippen LogP) is 2.03. The first kappa shape index (κ1) is 12.4. The fourth-order valence-corrected chi connectivity index (χ4v) is 1.94. The van der Waals surface area contributed by atoms with E-state index in [-0.39, 0.29) is 0 Å². The highest BCUT2D eigenvalue weighted by molar-refractivity contribution is 7.98. The first-order valence-electron chi connectivity index (χ1n) is 5.38. The maximum Gasteiger partial charge on any atom is 0.154 e. The molecule has 7 heteroatoms. The molecule has 0 aromatic carbocycles. The van der Waals surface area contributed by atoms with Gasteiger partial charge in [-0.3, -0.25) is 4.68 Å². The average Bonchev–Trinajstić information content (AvgIpc) is 2.86. The molecular weight excluding hydrogens is 248 g/mol. The fraction of sp³-hybridized carbons (Fsp3) is 0.273. The molecular formula is C11H12N6S.